The van der Waals surface area contributed by atoms with Gasteiger partial charge in [-0.05, 0) is 12.5 Å². The van der Waals surface area contributed by atoms with Gasteiger partial charge in [0, 0.05) is 18.4 Å². The number of rotatable bonds is 3. The fourth-order valence-corrected chi connectivity index (χ4v) is 2.33. The molecule has 0 radical (unpaired) electrons. The highest BCUT2D eigenvalue weighted by Crippen LogP contribution is 2.27. The predicted octanol–water partition coefficient (Wildman–Crippen LogP) is 3.37. The molecule has 0 spiro atoms. The summed E-state index contributed by atoms with van der Waals surface area (Å²) < 4.78 is 2.12. The normalized spacial score (nSPS) is 11.8. The molecular formula is C16H23N3. The molecule has 19 heavy (non-hydrogen) atoms. The zero-order valence-corrected chi connectivity index (χ0v) is 12.3. The summed E-state index contributed by atoms with van der Waals surface area (Å²) in [4.78, 5) is 4.79. The van der Waals surface area contributed by atoms with Gasteiger partial charge in [-0.3, -0.25) is 0 Å². The maximum absolute atomic E-state index is 6.26. The van der Waals surface area contributed by atoms with Gasteiger partial charge in [0.05, 0.1) is 5.69 Å². The highest BCUT2D eigenvalue weighted by molar-refractivity contribution is 5.42. The second-order valence-electron chi connectivity index (χ2n) is 5.92. The molecule has 3 nitrogen and oxygen atoms in total. The smallest absolute Gasteiger partial charge is 0.127 e. The molecule has 0 aliphatic carbocycles. The highest BCUT2D eigenvalue weighted by Gasteiger charge is 2.24. The molecule has 0 saturated heterocycles. The Hall–Kier alpha value is -1.77. The van der Waals surface area contributed by atoms with Gasteiger partial charge in [-0.15, -0.1) is 0 Å². The van der Waals surface area contributed by atoms with E-state index in [-0.39, 0.29) is 5.41 Å². The summed E-state index contributed by atoms with van der Waals surface area (Å²) in [6, 6.07) is 10.3. The van der Waals surface area contributed by atoms with Crippen molar-refractivity contribution in [3.05, 3.63) is 47.4 Å². The van der Waals surface area contributed by atoms with E-state index in [1.54, 1.807) is 0 Å². The van der Waals surface area contributed by atoms with E-state index in [0.717, 1.165) is 30.3 Å². The van der Waals surface area contributed by atoms with Gasteiger partial charge in [0.15, 0.2) is 0 Å². The summed E-state index contributed by atoms with van der Waals surface area (Å²) in [6.45, 7) is 9.49. The molecule has 102 valence electrons. The van der Waals surface area contributed by atoms with E-state index in [2.05, 4.69) is 44.4 Å². The van der Waals surface area contributed by atoms with Crippen LogP contribution < -0.4 is 5.73 Å². The lowest BCUT2D eigenvalue weighted by atomic mass is 9.95. The van der Waals surface area contributed by atoms with Crippen molar-refractivity contribution in [3.63, 3.8) is 0 Å². The van der Waals surface area contributed by atoms with Crippen LogP contribution in [0.4, 0.5) is 5.82 Å². The first-order valence-corrected chi connectivity index (χ1v) is 6.82. The molecule has 0 bridgehead atoms. The lowest BCUT2D eigenvalue weighted by molar-refractivity contribution is 0.508. The van der Waals surface area contributed by atoms with Crippen LogP contribution in [0.25, 0.3) is 0 Å². The van der Waals surface area contributed by atoms with Crippen LogP contribution in [0.3, 0.4) is 0 Å². The highest BCUT2D eigenvalue weighted by atomic mass is 15.1. The molecule has 2 rings (SSSR count). The summed E-state index contributed by atoms with van der Waals surface area (Å²) in [5.41, 5.74) is 8.50. The Labute approximate surface area is 115 Å². The van der Waals surface area contributed by atoms with Gasteiger partial charge in [-0.2, -0.15) is 0 Å². The molecule has 1 aromatic carbocycles. The van der Waals surface area contributed by atoms with Crippen LogP contribution in [0.5, 0.6) is 0 Å². The van der Waals surface area contributed by atoms with E-state index in [9.17, 15) is 0 Å². The van der Waals surface area contributed by atoms with Crippen LogP contribution in [0.15, 0.2) is 30.3 Å². The van der Waals surface area contributed by atoms with Gasteiger partial charge in [-0.1, -0.05) is 51.1 Å². The summed E-state index contributed by atoms with van der Waals surface area (Å²) >= 11 is 0. The fourth-order valence-electron chi connectivity index (χ4n) is 2.33. The molecular weight excluding hydrogens is 234 g/mol. The van der Waals surface area contributed by atoms with Crippen LogP contribution in [0.2, 0.25) is 0 Å². The van der Waals surface area contributed by atoms with Gasteiger partial charge in [0.2, 0.25) is 0 Å². The Morgan fingerprint density at radius 1 is 1.16 bits per heavy atom. The van der Waals surface area contributed by atoms with Crippen LogP contribution in [-0.2, 0) is 18.4 Å². The van der Waals surface area contributed by atoms with Crippen molar-refractivity contribution in [2.24, 2.45) is 0 Å². The molecule has 0 aliphatic heterocycles. The molecule has 0 aliphatic rings. The maximum atomic E-state index is 6.26. The molecule has 3 heteroatoms. The lowest BCUT2D eigenvalue weighted by Crippen LogP contribution is -2.19. The average Bonchev–Trinajstić information content (AvgIpc) is 2.67. The van der Waals surface area contributed by atoms with E-state index in [1.165, 1.54) is 5.56 Å². The van der Waals surface area contributed by atoms with E-state index in [0.29, 0.717) is 0 Å². The molecule has 0 unspecified atom stereocenters. The third-order valence-corrected chi connectivity index (χ3v) is 3.28. The quantitative estimate of drug-likeness (QED) is 0.916. The van der Waals surface area contributed by atoms with E-state index >= 15 is 0 Å². The number of imidazole rings is 1. The first-order chi connectivity index (χ1) is 8.93. The average molecular weight is 257 g/mol. The topological polar surface area (TPSA) is 43.8 Å². The number of nitrogens with zero attached hydrogens (tertiary/aromatic N) is 2. The monoisotopic (exact) mass is 257 g/mol. The maximum Gasteiger partial charge on any atom is 0.127 e. The van der Waals surface area contributed by atoms with E-state index in [1.807, 2.05) is 18.2 Å². The molecule has 1 aromatic heterocycles. The summed E-state index contributed by atoms with van der Waals surface area (Å²) in [6.07, 6.45) is 0.794. The lowest BCUT2D eigenvalue weighted by Gasteiger charge is -2.19. The zero-order chi connectivity index (χ0) is 14.0. The fraction of sp³-hybridized carbons (Fsp3) is 0.438. The molecule has 0 fully saturated rings. The van der Waals surface area contributed by atoms with Crippen molar-refractivity contribution in [1.82, 2.24) is 9.55 Å². The third-order valence-electron chi connectivity index (χ3n) is 3.28. The standard InChI is InChI=1S/C16H23N3/c1-5-19-14(17)13(18-15(19)16(2,3)4)11-12-9-7-6-8-10-12/h6-10H,5,11,17H2,1-4H3. The predicted molar refractivity (Wildman–Crippen MR) is 80.3 cm³/mol. The summed E-state index contributed by atoms with van der Waals surface area (Å²) in [5.74, 6) is 1.87. The Morgan fingerprint density at radius 3 is 2.26 bits per heavy atom. The van der Waals surface area contributed by atoms with Crippen LogP contribution in [-0.4, -0.2) is 9.55 Å². The molecule has 2 N–H and O–H groups in total. The number of hydrogen-bond acceptors (Lipinski definition) is 2. The molecule has 0 atom stereocenters. The second-order valence-corrected chi connectivity index (χ2v) is 5.92. The minimum absolute atomic E-state index is 0.0130. The zero-order valence-electron chi connectivity index (χ0n) is 12.3. The first-order valence-electron chi connectivity index (χ1n) is 6.82. The van der Waals surface area contributed by atoms with E-state index in [4.69, 9.17) is 10.7 Å². The molecule has 2 aromatic rings. The van der Waals surface area contributed by atoms with Gasteiger partial charge in [0.1, 0.15) is 11.6 Å². The van der Waals surface area contributed by atoms with Gasteiger partial charge in [-0.25, -0.2) is 4.98 Å². The number of nitrogen functional groups attached to an aromatic ring is 1. The van der Waals surface area contributed by atoms with Gasteiger partial charge in [0.25, 0.3) is 0 Å². The molecule has 0 amide bonds. The minimum atomic E-state index is 0.0130. The van der Waals surface area contributed by atoms with Crippen molar-refractivity contribution in [3.8, 4) is 0 Å². The largest absolute Gasteiger partial charge is 0.384 e. The summed E-state index contributed by atoms with van der Waals surface area (Å²) in [7, 11) is 0. The third kappa shape index (κ3) is 2.80. The Morgan fingerprint density at radius 2 is 1.79 bits per heavy atom. The van der Waals surface area contributed by atoms with Crippen LogP contribution >= 0.6 is 0 Å². The number of hydrogen-bond donors (Lipinski definition) is 1. The first kappa shape index (κ1) is 13.7. The van der Waals surface area contributed by atoms with Crippen molar-refractivity contribution < 1.29 is 0 Å². The summed E-state index contributed by atoms with van der Waals surface area (Å²) in [5, 5.41) is 0. The second kappa shape index (κ2) is 5.08. The number of anilines is 1. The van der Waals surface area contributed by atoms with E-state index < -0.39 is 0 Å². The minimum Gasteiger partial charge on any atom is -0.384 e. The van der Waals surface area contributed by atoms with Crippen molar-refractivity contribution in [1.29, 1.82) is 0 Å². The van der Waals surface area contributed by atoms with Crippen molar-refractivity contribution in [2.45, 2.75) is 46.1 Å². The van der Waals surface area contributed by atoms with Gasteiger partial charge < -0.3 is 10.3 Å². The Balaban J connectivity index is 2.40. The van der Waals surface area contributed by atoms with Gasteiger partial charge >= 0.3 is 0 Å². The molecule has 0 saturated carbocycles. The van der Waals surface area contributed by atoms with Crippen molar-refractivity contribution >= 4 is 5.82 Å². The van der Waals surface area contributed by atoms with Crippen LogP contribution in [0, 0.1) is 0 Å². The number of nitrogens with two attached hydrogens (primary N) is 1. The molecule has 1 heterocycles. The van der Waals surface area contributed by atoms with Crippen molar-refractivity contribution in [2.75, 3.05) is 5.73 Å². The Kier molecular flexibility index (Phi) is 3.65. The van der Waals surface area contributed by atoms with Crippen LogP contribution in [0.1, 0.15) is 44.8 Å². The SMILES string of the molecule is CCn1c(C(C)(C)C)nc(Cc2ccccc2)c1N. The Bertz CT molecular complexity index is 547. The number of benzene rings is 1. The number of aromatic nitrogens is 2.